The second-order valence-corrected chi connectivity index (χ2v) is 7.68. The third-order valence-corrected chi connectivity index (χ3v) is 5.18. The van der Waals surface area contributed by atoms with Gasteiger partial charge in [0.2, 0.25) is 5.95 Å². The number of aliphatic hydroxyl groups excluding tert-OH is 1. The van der Waals surface area contributed by atoms with Crippen molar-refractivity contribution < 1.29 is 14.7 Å². The van der Waals surface area contributed by atoms with Gasteiger partial charge in [0.25, 0.3) is 5.91 Å². The summed E-state index contributed by atoms with van der Waals surface area (Å²) >= 11 is 0. The fourth-order valence-corrected chi connectivity index (χ4v) is 3.47. The molecule has 1 aromatic heterocycles. The Kier molecular flexibility index (Phi) is 6.65. The highest BCUT2D eigenvalue weighted by Gasteiger charge is 2.24. The summed E-state index contributed by atoms with van der Waals surface area (Å²) in [5, 5.41) is 18.7. The van der Waals surface area contributed by atoms with Crippen molar-refractivity contribution >= 4 is 35.1 Å². The largest absolute Gasteiger partial charge is 0.391 e. The van der Waals surface area contributed by atoms with Crippen molar-refractivity contribution in [3.63, 3.8) is 0 Å². The van der Waals surface area contributed by atoms with Crippen molar-refractivity contribution in [3.05, 3.63) is 71.9 Å². The van der Waals surface area contributed by atoms with Gasteiger partial charge in [-0.2, -0.15) is 4.98 Å². The van der Waals surface area contributed by atoms with Crippen molar-refractivity contribution in [2.45, 2.75) is 19.1 Å². The molecular weight excluding hydrogens is 422 g/mol. The second-order valence-electron chi connectivity index (χ2n) is 7.68. The fraction of sp³-hybridized carbons (Fsp3) is 0.217. The minimum absolute atomic E-state index is 0.185. The van der Waals surface area contributed by atoms with Crippen LogP contribution in [0.2, 0.25) is 0 Å². The molecule has 4 rings (SSSR count). The smallest absolute Gasteiger partial charge is 0.321 e. The van der Waals surface area contributed by atoms with E-state index in [1.54, 1.807) is 29.2 Å². The number of carbonyl (C=O) groups is 2. The number of nitrogens with two attached hydrogens (primary N) is 1. The van der Waals surface area contributed by atoms with E-state index in [9.17, 15) is 14.7 Å². The lowest BCUT2D eigenvalue weighted by molar-refractivity contribution is 0.100. The van der Waals surface area contributed by atoms with Crippen LogP contribution in [0.25, 0.3) is 0 Å². The molecule has 3 amide bonds. The molecule has 33 heavy (non-hydrogen) atoms. The van der Waals surface area contributed by atoms with Crippen LogP contribution in [-0.2, 0) is 6.54 Å². The molecule has 10 heteroatoms. The third kappa shape index (κ3) is 5.74. The number of primary amides is 1. The van der Waals surface area contributed by atoms with Crippen LogP contribution >= 0.6 is 0 Å². The lowest BCUT2D eigenvalue weighted by Crippen LogP contribution is -2.33. The summed E-state index contributed by atoms with van der Waals surface area (Å²) in [4.78, 5) is 34.3. The molecule has 3 aromatic rings. The van der Waals surface area contributed by atoms with Crippen molar-refractivity contribution in [1.82, 2.24) is 14.9 Å². The van der Waals surface area contributed by atoms with Crippen molar-refractivity contribution in [1.29, 1.82) is 0 Å². The first-order chi connectivity index (χ1) is 16.0. The van der Waals surface area contributed by atoms with E-state index in [1.165, 1.54) is 6.20 Å². The number of urea groups is 1. The molecular formula is C23H25N7O3. The molecule has 10 nitrogen and oxygen atoms in total. The van der Waals surface area contributed by atoms with E-state index in [4.69, 9.17) is 5.73 Å². The molecule has 170 valence electrons. The number of amides is 3. The third-order valence-electron chi connectivity index (χ3n) is 5.18. The second kappa shape index (κ2) is 9.96. The van der Waals surface area contributed by atoms with Crippen LogP contribution in [0.1, 0.15) is 22.3 Å². The summed E-state index contributed by atoms with van der Waals surface area (Å²) in [6, 6.07) is 16.5. The molecule has 1 saturated heterocycles. The van der Waals surface area contributed by atoms with Gasteiger partial charge in [-0.05, 0) is 30.2 Å². The van der Waals surface area contributed by atoms with Crippen molar-refractivity contribution in [3.8, 4) is 0 Å². The van der Waals surface area contributed by atoms with Gasteiger partial charge in [0.15, 0.2) is 0 Å². The maximum Gasteiger partial charge on any atom is 0.321 e. The molecule has 0 bridgehead atoms. The number of aromatic nitrogens is 2. The molecule has 2 aromatic carbocycles. The van der Waals surface area contributed by atoms with Gasteiger partial charge in [-0.1, -0.05) is 36.4 Å². The van der Waals surface area contributed by atoms with Gasteiger partial charge in [0.05, 0.1) is 11.7 Å². The highest BCUT2D eigenvalue weighted by Crippen LogP contribution is 2.21. The quantitative estimate of drug-likeness (QED) is 0.374. The minimum Gasteiger partial charge on any atom is -0.391 e. The van der Waals surface area contributed by atoms with Gasteiger partial charge in [0, 0.05) is 37.2 Å². The van der Waals surface area contributed by atoms with E-state index in [0.717, 1.165) is 5.56 Å². The number of β-amino-alcohol motifs (C(OH)–C–C–N with tert-alkyl or cyclic N) is 1. The number of rotatable bonds is 7. The maximum atomic E-state index is 12.4. The summed E-state index contributed by atoms with van der Waals surface area (Å²) in [7, 11) is 0. The molecule has 0 unspecified atom stereocenters. The van der Waals surface area contributed by atoms with Gasteiger partial charge < -0.3 is 31.7 Å². The van der Waals surface area contributed by atoms with Crippen LogP contribution in [0.15, 0.2) is 60.8 Å². The van der Waals surface area contributed by atoms with Crippen LogP contribution in [0, 0.1) is 0 Å². The molecule has 6 N–H and O–H groups in total. The summed E-state index contributed by atoms with van der Waals surface area (Å²) in [5.41, 5.74) is 7.92. The number of nitrogens with zero attached hydrogens (tertiary/aromatic N) is 3. The minimum atomic E-state index is -0.631. The zero-order valence-electron chi connectivity index (χ0n) is 17.9. The Balaban J connectivity index is 1.46. The first-order valence-corrected chi connectivity index (χ1v) is 10.5. The SMILES string of the molecule is NC(=O)c1cnc(Nc2cccc(NC(=O)N3CC[C@@H](O)C3)c2)nc1NCc1ccccc1. The number of hydrogen-bond donors (Lipinski definition) is 5. The standard InChI is InChI=1S/C23H25N7O3/c24-20(32)19-13-26-22(29-21(19)25-12-15-5-2-1-3-6-15)27-16-7-4-8-17(11-16)28-23(33)30-10-9-18(31)14-30/h1-8,11,13,18,31H,9-10,12,14H2,(H2,24,32)(H,28,33)(H2,25,26,27,29)/t18-/m1/s1. The lowest BCUT2D eigenvalue weighted by Gasteiger charge is -2.17. The number of aliphatic hydroxyl groups is 1. The number of benzene rings is 2. The van der Waals surface area contributed by atoms with Crippen LogP contribution in [0.4, 0.5) is 27.9 Å². The summed E-state index contributed by atoms with van der Waals surface area (Å²) < 4.78 is 0. The Bertz CT molecular complexity index is 1140. The Morgan fingerprint density at radius 1 is 1.12 bits per heavy atom. The Morgan fingerprint density at radius 2 is 1.91 bits per heavy atom. The lowest BCUT2D eigenvalue weighted by atomic mass is 10.2. The van der Waals surface area contributed by atoms with Gasteiger partial charge in [-0.3, -0.25) is 4.79 Å². The zero-order chi connectivity index (χ0) is 23.2. The molecule has 2 heterocycles. The number of anilines is 4. The molecule has 1 aliphatic rings. The molecule has 0 radical (unpaired) electrons. The summed E-state index contributed by atoms with van der Waals surface area (Å²) in [6.07, 6.45) is 1.47. The molecule has 0 aliphatic carbocycles. The van der Waals surface area contributed by atoms with Gasteiger partial charge >= 0.3 is 6.03 Å². The van der Waals surface area contributed by atoms with E-state index < -0.39 is 12.0 Å². The average molecular weight is 447 g/mol. The Morgan fingerprint density at radius 3 is 2.64 bits per heavy atom. The monoisotopic (exact) mass is 447 g/mol. The van der Waals surface area contributed by atoms with E-state index in [1.807, 2.05) is 30.3 Å². The Hall–Kier alpha value is -4.18. The number of hydrogen-bond acceptors (Lipinski definition) is 7. The van der Waals surface area contributed by atoms with Crippen molar-refractivity contribution in [2.75, 3.05) is 29.0 Å². The first-order valence-electron chi connectivity index (χ1n) is 10.5. The number of likely N-dealkylation sites (tertiary alicyclic amines) is 1. The fourth-order valence-electron chi connectivity index (χ4n) is 3.47. The van der Waals surface area contributed by atoms with Crippen LogP contribution in [0.3, 0.4) is 0 Å². The first kappa shape index (κ1) is 22.0. The van der Waals surface area contributed by atoms with Crippen molar-refractivity contribution in [2.24, 2.45) is 5.73 Å². The van der Waals surface area contributed by atoms with Gasteiger partial charge in [0.1, 0.15) is 5.82 Å². The summed E-state index contributed by atoms with van der Waals surface area (Å²) in [5.74, 6) is -0.0449. The van der Waals surface area contributed by atoms with Gasteiger partial charge in [-0.25, -0.2) is 9.78 Å². The van der Waals surface area contributed by atoms with E-state index in [2.05, 4.69) is 25.9 Å². The highest BCUT2D eigenvalue weighted by atomic mass is 16.3. The van der Waals surface area contributed by atoms with Crippen LogP contribution in [0.5, 0.6) is 0 Å². The van der Waals surface area contributed by atoms with Crippen LogP contribution < -0.4 is 21.7 Å². The molecule has 1 aliphatic heterocycles. The Labute approximate surface area is 190 Å². The van der Waals surface area contributed by atoms with Gasteiger partial charge in [-0.15, -0.1) is 0 Å². The number of carbonyl (C=O) groups excluding carboxylic acids is 2. The van der Waals surface area contributed by atoms with Crippen LogP contribution in [-0.4, -0.2) is 51.1 Å². The molecule has 1 atom stereocenters. The predicted octanol–water partition coefficient (Wildman–Crippen LogP) is 2.53. The molecule has 1 fully saturated rings. The topological polar surface area (TPSA) is 146 Å². The average Bonchev–Trinajstić information content (AvgIpc) is 3.25. The molecule has 0 spiro atoms. The van der Waals surface area contributed by atoms with E-state index in [-0.39, 0.29) is 17.5 Å². The summed E-state index contributed by atoms with van der Waals surface area (Å²) in [6.45, 7) is 1.30. The maximum absolute atomic E-state index is 12.4. The highest BCUT2D eigenvalue weighted by molar-refractivity contribution is 5.97. The number of nitrogens with one attached hydrogen (secondary N) is 3. The normalized spacial score (nSPS) is 15.2. The van der Waals surface area contributed by atoms with E-state index in [0.29, 0.717) is 43.2 Å². The van der Waals surface area contributed by atoms with E-state index >= 15 is 0 Å². The zero-order valence-corrected chi connectivity index (χ0v) is 17.9. The predicted molar refractivity (Wildman–Crippen MR) is 125 cm³/mol. The molecule has 0 saturated carbocycles.